The van der Waals surface area contributed by atoms with Gasteiger partial charge in [-0.05, 0) is 83.9 Å². The van der Waals surface area contributed by atoms with E-state index in [0.29, 0.717) is 37.8 Å². The molecule has 2 N–H and O–H groups in total. The summed E-state index contributed by atoms with van der Waals surface area (Å²) < 4.78 is 0. The summed E-state index contributed by atoms with van der Waals surface area (Å²) in [6, 6.07) is 24.1. The summed E-state index contributed by atoms with van der Waals surface area (Å²) in [6.45, 7) is 0.407. The van der Waals surface area contributed by atoms with Crippen LogP contribution in [0.1, 0.15) is 36.8 Å². The fourth-order valence-corrected chi connectivity index (χ4v) is 4.78. The molecule has 1 amide bonds. The predicted octanol–water partition coefficient (Wildman–Crippen LogP) is 6.68. The number of aliphatic carboxylic acids is 1. The van der Waals surface area contributed by atoms with Crippen LogP contribution in [0.4, 0.5) is 11.4 Å². The molecular weight excluding hydrogens is 476 g/mol. The fourth-order valence-electron chi connectivity index (χ4n) is 4.78. The van der Waals surface area contributed by atoms with Gasteiger partial charge in [0.25, 0.3) is 0 Å². The maximum atomic E-state index is 13.8. The van der Waals surface area contributed by atoms with Crippen molar-refractivity contribution < 1.29 is 19.8 Å². The molecule has 196 valence electrons. The van der Waals surface area contributed by atoms with Gasteiger partial charge >= 0.3 is 5.97 Å². The third-order valence-corrected chi connectivity index (χ3v) is 7.04. The maximum absolute atomic E-state index is 13.8. The van der Waals surface area contributed by atoms with Gasteiger partial charge in [0.2, 0.25) is 5.91 Å². The molecular formula is C32H34N2O4. The lowest BCUT2D eigenvalue weighted by atomic mass is 9.85. The van der Waals surface area contributed by atoms with Crippen molar-refractivity contribution in [1.29, 1.82) is 0 Å². The van der Waals surface area contributed by atoms with E-state index in [9.17, 15) is 14.7 Å². The van der Waals surface area contributed by atoms with Crippen molar-refractivity contribution in [3.63, 3.8) is 0 Å². The lowest BCUT2D eigenvalue weighted by molar-refractivity contribution is -0.131. The van der Waals surface area contributed by atoms with Gasteiger partial charge in [0.05, 0.1) is 12.8 Å². The van der Waals surface area contributed by atoms with Crippen molar-refractivity contribution in [2.24, 2.45) is 5.92 Å². The van der Waals surface area contributed by atoms with E-state index in [1.807, 2.05) is 38.4 Å². The van der Waals surface area contributed by atoms with Gasteiger partial charge in [0.1, 0.15) is 0 Å². The Hall–Kier alpha value is -4.32. The Morgan fingerprint density at radius 2 is 1.53 bits per heavy atom. The molecule has 3 aromatic carbocycles. The van der Waals surface area contributed by atoms with Gasteiger partial charge < -0.3 is 20.0 Å². The zero-order valence-corrected chi connectivity index (χ0v) is 21.9. The Balaban J connectivity index is 1.59. The van der Waals surface area contributed by atoms with Crippen molar-refractivity contribution >= 4 is 29.3 Å². The Kier molecular flexibility index (Phi) is 8.64. The van der Waals surface area contributed by atoms with Crippen molar-refractivity contribution in [3.05, 3.63) is 102 Å². The van der Waals surface area contributed by atoms with E-state index >= 15 is 0 Å². The number of carboxylic acid groups (broad SMARTS) is 1. The number of benzene rings is 3. The van der Waals surface area contributed by atoms with Gasteiger partial charge in [-0.25, -0.2) is 4.79 Å². The molecule has 0 bridgehead atoms. The van der Waals surface area contributed by atoms with Crippen molar-refractivity contribution in [3.8, 4) is 11.1 Å². The zero-order valence-electron chi connectivity index (χ0n) is 21.9. The monoisotopic (exact) mass is 510 g/mol. The van der Waals surface area contributed by atoms with Gasteiger partial charge in [-0.2, -0.15) is 0 Å². The number of amides is 1. The number of carboxylic acids is 1. The maximum Gasteiger partial charge on any atom is 0.328 e. The van der Waals surface area contributed by atoms with Crippen LogP contribution in [0.15, 0.2) is 90.7 Å². The van der Waals surface area contributed by atoms with Crippen molar-refractivity contribution in [2.75, 3.05) is 23.9 Å². The molecule has 0 radical (unpaired) electrons. The quantitative estimate of drug-likeness (QED) is 0.261. The van der Waals surface area contributed by atoms with Crippen LogP contribution in [-0.2, 0) is 16.1 Å². The molecule has 3 aromatic rings. The molecule has 38 heavy (non-hydrogen) atoms. The number of carbonyl (C=O) groups excluding carboxylic acids is 1. The second-order valence-electron chi connectivity index (χ2n) is 9.89. The van der Waals surface area contributed by atoms with Crippen LogP contribution in [0, 0.1) is 5.92 Å². The van der Waals surface area contributed by atoms with E-state index in [-0.39, 0.29) is 11.8 Å². The van der Waals surface area contributed by atoms with Crippen LogP contribution in [0.2, 0.25) is 0 Å². The fraction of sp³-hybridized carbons (Fsp3) is 0.250. The topological polar surface area (TPSA) is 81.1 Å². The average Bonchev–Trinajstić information content (AvgIpc) is 2.95. The molecule has 0 unspecified atom stereocenters. The van der Waals surface area contributed by atoms with Crippen LogP contribution in [0.5, 0.6) is 0 Å². The Labute approximate surface area is 224 Å². The Bertz CT molecular complexity index is 1310. The molecule has 0 spiro atoms. The summed E-state index contributed by atoms with van der Waals surface area (Å²) in [4.78, 5) is 28.6. The number of allylic oxidation sites excluding steroid dienone is 1. The van der Waals surface area contributed by atoms with Crippen LogP contribution >= 0.6 is 0 Å². The highest BCUT2D eigenvalue weighted by molar-refractivity contribution is 5.95. The SMILES string of the molecule is CN(C)c1ccc(-c2ccc(CN(C(=O)C3CCC(=CO)CC3)c3cccc(/C=C/C(=O)O)c3)cc2)cc1. The summed E-state index contributed by atoms with van der Waals surface area (Å²) in [7, 11) is 4.04. The molecule has 1 aliphatic rings. The summed E-state index contributed by atoms with van der Waals surface area (Å²) >= 11 is 0. The minimum Gasteiger partial charge on any atom is -0.516 e. The molecule has 0 saturated heterocycles. The van der Waals surface area contributed by atoms with Crippen LogP contribution in [0.25, 0.3) is 17.2 Å². The smallest absolute Gasteiger partial charge is 0.328 e. The number of rotatable bonds is 8. The molecule has 0 aliphatic heterocycles. The summed E-state index contributed by atoms with van der Waals surface area (Å²) in [5, 5.41) is 18.4. The van der Waals surface area contributed by atoms with Gasteiger partial charge in [-0.3, -0.25) is 4.79 Å². The number of hydrogen-bond acceptors (Lipinski definition) is 4. The van der Waals surface area contributed by atoms with Crippen LogP contribution in [-0.4, -0.2) is 36.2 Å². The molecule has 6 nitrogen and oxygen atoms in total. The lowest BCUT2D eigenvalue weighted by Crippen LogP contribution is -2.37. The Morgan fingerprint density at radius 1 is 0.895 bits per heavy atom. The second-order valence-corrected chi connectivity index (χ2v) is 9.89. The van der Waals surface area contributed by atoms with Gasteiger partial charge in [-0.15, -0.1) is 0 Å². The van der Waals surface area contributed by atoms with Gasteiger partial charge in [0, 0.05) is 37.5 Å². The summed E-state index contributed by atoms with van der Waals surface area (Å²) in [5.41, 5.74) is 6.81. The largest absolute Gasteiger partial charge is 0.516 e. The number of aliphatic hydroxyl groups excluding tert-OH is 1. The van der Waals surface area contributed by atoms with E-state index in [1.54, 1.807) is 4.90 Å². The molecule has 1 aliphatic carbocycles. The van der Waals surface area contributed by atoms with E-state index in [0.717, 1.165) is 39.7 Å². The highest BCUT2D eigenvalue weighted by Crippen LogP contribution is 2.32. The van der Waals surface area contributed by atoms with E-state index < -0.39 is 5.97 Å². The molecule has 4 rings (SSSR count). The summed E-state index contributed by atoms with van der Waals surface area (Å²) in [5.74, 6) is -1.11. The molecule has 0 atom stereocenters. The second kappa shape index (κ2) is 12.3. The lowest BCUT2D eigenvalue weighted by Gasteiger charge is -2.30. The first-order chi connectivity index (χ1) is 18.3. The Morgan fingerprint density at radius 3 is 2.11 bits per heavy atom. The third kappa shape index (κ3) is 6.71. The number of aliphatic hydroxyl groups is 1. The zero-order chi connectivity index (χ0) is 27.1. The molecule has 1 saturated carbocycles. The standard InChI is InChI=1S/C32H34N2O4/c1-33(2)29-17-15-27(16-18-29)26-11-6-24(7-12-26)21-34(32(38)28-13-8-25(22-35)9-14-28)30-5-3-4-23(20-30)10-19-31(36)37/h3-7,10-12,15-20,22,28,35H,8-9,13-14,21H2,1-2H3,(H,36,37)/b19-10+,25-22?. The average molecular weight is 511 g/mol. The number of nitrogens with zero attached hydrogens (tertiary/aromatic N) is 2. The van der Waals surface area contributed by atoms with E-state index in [4.69, 9.17) is 5.11 Å². The van der Waals surface area contributed by atoms with Crippen molar-refractivity contribution in [2.45, 2.75) is 32.2 Å². The minimum absolute atomic E-state index is 0.0460. The third-order valence-electron chi connectivity index (χ3n) is 7.04. The van der Waals surface area contributed by atoms with Crippen LogP contribution in [0.3, 0.4) is 0 Å². The van der Waals surface area contributed by atoms with Gasteiger partial charge in [0.15, 0.2) is 0 Å². The minimum atomic E-state index is -1.02. The predicted molar refractivity (Wildman–Crippen MR) is 153 cm³/mol. The first-order valence-electron chi connectivity index (χ1n) is 12.9. The number of hydrogen-bond donors (Lipinski definition) is 2. The molecule has 0 heterocycles. The first-order valence-corrected chi connectivity index (χ1v) is 12.9. The summed E-state index contributed by atoms with van der Waals surface area (Å²) in [6.07, 6.45) is 6.62. The molecule has 6 heteroatoms. The highest BCUT2D eigenvalue weighted by atomic mass is 16.4. The number of anilines is 2. The van der Waals surface area contributed by atoms with Crippen molar-refractivity contribution in [1.82, 2.24) is 0 Å². The molecule has 0 aromatic heterocycles. The highest BCUT2D eigenvalue weighted by Gasteiger charge is 2.28. The van der Waals surface area contributed by atoms with E-state index in [1.165, 1.54) is 12.3 Å². The van der Waals surface area contributed by atoms with Gasteiger partial charge in [-0.1, -0.05) is 48.5 Å². The number of carbonyl (C=O) groups is 2. The first kappa shape index (κ1) is 26.7. The molecule has 1 fully saturated rings. The van der Waals surface area contributed by atoms with Crippen LogP contribution < -0.4 is 9.80 Å². The van der Waals surface area contributed by atoms with E-state index in [2.05, 4.69) is 53.4 Å². The normalized spacial score (nSPS) is 15.3.